The molecule has 0 unspecified atom stereocenters. The van der Waals surface area contributed by atoms with E-state index in [0.29, 0.717) is 0 Å². The van der Waals surface area contributed by atoms with E-state index >= 15 is 0 Å². The minimum Gasteiger partial charge on any atom is -0.370 e. The lowest BCUT2D eigenvalue weighted by Crippen LogP contribution is -2.06. The van der Waals surface area contributed by atoms with Gasteiger partial charge in [-0.05, 0) is 54.6 Å². The van der Waals surface area contributed by atoms with Gasteiger partial charge in [0.1, 0.15) is 23.8 Å². The first-order valence-electron chi connectivity index (χ1n) is 5.89. The van der Waals surface area contributed by atoms with Crippen LogP contribution in [0, 0.1) is 16.3 Å². The van der Waals surface area contributed by atoms with Crippen molar-refractivity contribution in [3.8, 4) is 0 Å². The van der Waals surface area contributed by atoms with Crippen molar-refractivity contribution in [2.24, 2.45) is 0 Å². The van der Waals surface area contributed by atoms with E-state index in [2.05, 4.69) is 43.2 Å². The van der Waals surface area contributed by atoms with Gasteiger partial charge >= 0.3 is 0 Å². The molecule has 2 aromatic rings. The summed E-state index contributed by atoms with van der Waals surface area (Å²) in [4.78, 5) is 8.40. The third-order valence-electron chi connectivity index (χ3n) is 2.61. The van der Waals surface area contributed by atoms with Crippen molar-refractivity contribution in [3.05, 3.63) is 39.5 Å². The van der Waals surface area contributed by atoms with Crippen LogP contribution in [-0.2, 0) is 0 Å². The monoisotopic (exact) mass is 372 g/mol. The highest BCUT2D eigenvalue weighted by Crippen LogP contribution is 2.26. The number of anilines is 3. The number of aromatic nitrogens is 2. The summed E-state index contributed by atoms with van der Waals surface area (Å²) in [6.45, 7) is 4.75. The van der Waals surface area contributed by atoms with Crippen LogP contribution in [0.3, 0.4) is 0 Å². The van der Waals surface area contributed by atoms with Crippen LogP contribution >= 0.6 is 22.6 Å². The van der Waals surface area contributed by atoms with Gasteiger partial charge in [0.05, 0.1) is 5.69 Å². The molecule has 6 heteroatoms. The van der Waals surface area contributed by atoms with Crippen LogP contribution in [0.25, 0.3) is 0 Å². The first-order chi connectivity index (χ1) is 9.11. The summed E-state index contributed by atoms with van der Waals surface area (Å²) in [5.74, 6) is 1.27. The Morgan fingerprint density at radius 1 is 1.26 bits per heavy atom. The summed E-state index contributed by atoms with van der Waals surface area (Å²) in [7, 11) is 0. The summed E-state index contributed by atoms with van der Waals surface area (Å²) < 4.78 is 13.9. The minimum atomic E-state index is -0.248. The van der Waals surface area contributed by atoms with Gasteiger partial charge in [-0.15, -0.1) is 0 Å². The normalized spacial score (nSPS) is 10.3. The molecule has 100 valence electrons. The molecular formula is C13H14FIN4. The Morgan fingerprint density at radius 3 is 2.68 bits per heavy atom. The van der Waals surface area contributed by atoms with Gasteiger partial charge in [-0.3, -0.25) is 0 Å². The lowest BCUT2D eigenvalue weighted by atomic mass is 10.2. The number of nitrogens with one attached hydrogen (secondary N) is 2. The maximum Gasteiger partial charge on any atom is 0.138 e. The van der Waals surface area contributed by atoms with Crippen LogP contribution in [0.1, 0.15) is 12.5 Å². The molecule has 0 saturated heterocycles. The van der Waals surface area contributed by atoms with Crippen LogP contribution in [0.4, 0.5) is 21.7 Å². The minimum absolute atomic E-state index is 0.248. The smallest absolute Gasteiger partial charge is 0.138 e. The van der Waals surface area contributed by atoms with Gasteiger partial charge in [-0.1, -0.05) is 0 Å². The standard InChI is InChI=1S/C13H14FIN4/c1-3-16-12-8(2)13(18-7-17-12)19-11-5-4-9(14)6-10(11)15/h4-7H,3H2,1-2H3,(H2,16,17,18,19). The van der Waals surface area contributed by atoms with Crippen LogP contribution < -0.4 is 10.6 Å². The van der Waals surface area contributed by atoms with Gasteiger partial charge < -0.3 is 10.6 Å². The summed E-state index contributed by atoms with van der Waals surface area (Å²) in [6, 6.07) is 4.60. The lowest BCUT2D eigenvalue weighted by molar-refractivity contribution is 0.627. The molecule has 2 N–H and O–H groups in total. The number of rotatable bonds is 4. The molecule has 1 aromatic carbocycles. The molecule has 0 aliphatic rings. The van der Waals surface area contributed by atoms with Gasteiger partial charge in [0.25, 0.3) is 0 Å². The van der Waals surface area contributed by atoms with E-state index in [1.807, 2.05) is 13.8 Å². The Labute approximate surface area is 125 Å². The molecular weight excluding hydrogens is 358 g/mol. The number of halogens is 2. The highest BCUT2D eigenvalue weighted by molar-refractivity contribution is 14.1. The van der Waals surface area contributed by atoms with Crippen molar-refractivity contribution >= 4 is 39.9 Å². The fourth-order valence-corrected chi connectivity index (χ4v) is 2.25. The molecule has 0 amide bonds. The van der Waals surface area contributed by atoms with E-state index in [-0.39, 0.29) is 5.82 Å². The summed E-state index contributed by atoms with van der Waals surface area (Å²) in [5.41, 5.74) is 1.76. The topological polar surface area (TPSA) is 49.8 Å². The fraction of sp³-hybridized carbons (Fsp3) is 0.231. The molecule has 0 aliphatic heterocycles. The van der Waals surface area contributed by atoms with E-state index in [4.69, 9.17) is 0 Å². The second-order valence-corrected chi connectivity index (χ2v) is 5.14. The summed E-state index contributed by atoms with van der Waals surface area (Å²) >= 11 is 2.09. The molecule has 0 saturated carbocycles. The summed E-state index contributed by atoms with van der Waals surface area (Å²) in [6.07, 6.45) is 1.50. The molecule has 0 atom stereocenters. The molecule has 1 aromatic heterocycles. The van der Waals surface area contributed by atoms with Crippen LogP contribution in [0.15, 0.2) is 24.5 Å². The predicted octanol–water partition coefficient (Wildman–Crippen LogP) is 3.70. The number of benzene rings is 1. The van der Waals surface area contributed by atoms with E-state index < -0.39 is 0 Å². The second kappa shape index (κ2) is 6.14. The predicted molar refractivity (Wildman–Crippen MR) is 83.3 cm³/mol. The highest BCUT2D eigenvalue weighted by Gasteiger charge is 2.08. The molecule has 19 heavy (non-hydrogen) atoms. The molecule has 0 radical (unpaired) electrons. The zero-order chi connectivity index (χ0) is 13.8. The number of nitrogens with zero attached hydrogens (tertiary/aromatic N) is 2. The number of hydrogen-bond donors (Lipinski definition) is 2. The molecule has 0 aliphatic carbocycles. The van der Waals surface area contributed by atoms with Gasteiger partial charge in [0.15, 0.2) is 0 Å². The third kappa shape index (κ3) is 3.31. The Balaban J connectivity index is 2.30. The zero-order valence-corrected chi connectivity index (χ0v) is 12.8. The Morgan fingerprint density at radius 2 is 2.00 bits per heavy atom. The van der Waals surface area contributed by atoms with E-state index in [0.717, 1.165) is 33.0 Å². The fourth-order valence-electron chi connectivity index (χ4n) is 1.64. The Bertz CT molecular complexity index is 589. The van der Waals surface area contributed by atoms with Crippen molar-refractivity contribution in [2.45, 2.75) is 13.8 Å². The van der Waals surface area contributed by atoms with Gasteiger partial charge in [0.2, 0.25) is 0 Å². The van der Waals surface area contributed by atoms with Crippen molar-refractivity contribution < 1.29 is 4.39 Å². The van der Waals surface area contributed by atoms with E-state index in [1.54, 1.807) is 6.07 Å². The average Bonchev–Trinajstić information content (AvgIpc) is 2.37. The zero-order valence-electron chi connectivity index (χ0n) is 10.7. The molecule has 2 rings (SSSR count). The average molecular weight is 372 g/mol. The molecule has 0 fully saturated rings. The van der Waals surface area contributed by atoms with Crippen molar-refractivity contribution in [2.75, 3.05) is 17.2 Å². The van der Waals surface area contributed by atoms with Gasteiger partial charge in [-0.2, -0.15) is 0 Å². The van der Waals surface area contributed by atoms with Crippen molar-refractivity contribution in [3.63, 3.8) is 0 Å². The summed E-state index contributed by atoms with van der Waals surface area (Å²) in [5, 5.41) is 6.37. The quantitative estimate of drug-likeness (QED) is 0.804. The molecule has 1 heterocycles. The Hall–Kier alpha value is -1.44. The van der Waals surface area contributed by atoms with Gasteiger partial charge in [0, 0.05) is 15.7 Å². The first-order valence-corrected chi connectivity index (χ1v) is 6.97. The highest BCUT2D eigenvalue weighted by atomic mass is 127. The first kappa shape index (κ1) is 14.0. The van der Waals surface area contributed by atoms with Gasteiger partial charge in [-0.25, -0.2) is 14.4 Å². The van der Waals surface area contributed by atoms with Crippen LogP contribution in [0.5, 0.6) is 0 Å². The molecule has 0 bridgehead atoms. The van der Waals surface area contributed by atoms with Crippen LogP contribution in [0.2, 0.25) is 0 Å². The third-order valence-corrected chi connectivity index (χ3v) is 3.51. The SMILES string of the molecule is CCNc1ncnc(Nc2ccc(F)cc2I)c1C. The van der Waals surface area contributed by atoms with Crippen molar-refractivity contribution in [1.29, 1.82) is 0 Å². The van der Waals surface area contributed by atoms with E-state index in [1.165, 1.54) is 18.5 Å². The molecule has 4 nitrogen and oxygen atoms in total. The maximum atomic E-state index is 13.1. The van der Waals surface area contributed by atoms with E-state index in [9.17, 15) is 4.39 Å². The largest absolute Gasteiger partial charge is 0.370 e. The number of hydrogen-bond acceptors (Lipinski definition) is 4. The Kier molecular flexibility index (Phi) is 4.52. The second-order valence-electron chi connectivity index (χ2n) is 3.98. The lowest BCUT2D eigenvalue weighted by Gasteiger charge is -2.13. The molecule has 0 spiro atoms. The van der Waals surface area contributed by atoms with Crippen LogP contribution in [-0.4, -0.2) is 16.5 Å². The maximum absolute atomic E-state index is 13.1. The van der Waals surface area contributed by atoms with Crippen molar-refractivity contribution in [1.82, 2.24) is 9.97 Å².